The lowest BCUT2D eigenvalue weighted by molar-refractivity contribution is -0.142. The molecule has 0 saturated carbocycles. The summed E-state index contributed by atoms with van der Waals surface area (Å²) >= 11 is 11.8. The summed E-state index contributed by atoms with van der Waals surface area (Å²) in [6, 6.07) is 5.05. The Labute approximate surface area is 139 Å². The number of carbonyl (C=O) groups excluding carboxylic acids is 2. The van der Waals surface area contributed by atoms with Crippen molar-refractivity contribution in [1.29, 1.82) is 0 Å². The molecule has 1 saturated heterocycles. The van der Waals surface area contributed by atoms with Crippen LogP contribution in [0, 0.1) is 0 Å². The van der Waals surface area contributed by atoms with Crippen LogP contribution in [0.3, 0.4) is 0 Å². The molecule has 0 radical (unpaired) electrons. The van der Waals surface area contributed by atoms with Crippen LogP contribution in [0.5, 0.6) is 0 Å². The van der Waals surface area contributed by atoms with Gasteiger partial charge in [0.2, 0.25) is 5.91 Å². The fourth-order valence-corrected chi connectivity index (χ4v) is 2.81. The molecule has 5 nitrogen and oxygen atoms in total. The van der Waals surface area contributed by atoms with Crippen LogP contribution in [0.4, 0.5) is 0 Å². The first kappa shape index (κ1) is 17.1. The Hall–Kier alpha value is -1.30. The molecule has 1 aliphatic heterocycles. The first-order valence-corrected chi connectivity index (χ1v) is 7.90. The maximum absolute atomic E-state index is 12.0. The Morgan fingerprint density at radius 3 is 2.86 bits per heavy atom. The molecule has 0 bridgehead atoms. The van der Waals surface area contributed by atoms with Gasteiger partial charge < -0.3 is 15.3 Å². The maximum atomic E-state index is 12.0. The van der Waals surface area contributed by atoms with Crippen molar-refractivity contribution < 1.29 is 14.7 Å². The zero-order chi connectivity index (χ0) is 16.1. The second-order valence-electron chi connectivity index (χ2n) is 5.28. The lowest BCUT2D eigenvalue weighted by atomic mass is 10.2. The van der Waals surface area contributed by atoms with Crippen LogP contribution in [-0.2, 0) is 16.1 Å². The lowest BCUT2D eigenvalue weighted by Crippen LogP contribution is -2.44. The summed E-state index contributed by atoms with van der Waals surface area (Å²) in [7, 11) is 0. The summed E-state index contributed by atoms with van der Waals surface area (Å²) in [6.07, 6.45) is 1.03. The van der Waals surface area contributed by atoms with Gasteiger partial charge in [-0.1, -0.05) is 29.3 Å². The summed E-state index contributed by atoms with van der Waals surface area (Å²) < 4.78 is 0. The van der Waals surface area contributed by atoms with Crippen LogP contribution in [0.1, 0.15) is 24.8 Å². The third-order valence-corrected chi connectivity index (χ3v) is 4.16. The molecule has 0 aromatic heterocycles. The van der Waals surface area contributed by atoms with Crippen LogP contribution in [-0.4, -0.2) is 41.0 Å². The molecule has 0 spiro atoms. The van der Waals surface area contributed by atoms with Crippen molar-refractivity contribution in [2.24, 2.45) is 0 Å². The Morgan fingerprint density at radius 2 is 2.14 bits per heavy atom. The standard InChI is InChI=1S/C15H18Cl2N2O3/c16-11-5-4-10(12(17)7-11)8-18-14(21)9-19-6-2-1-3-13(20)15(19)22/h4-5,7,13,20H,1-3,6,8-9H2,(H,18,21). The average molecular weight is 345 g/mol. The predicted molar refractivity (Wildman–Crippen MR) is 84.7 cm³/mol. The van der Waals surface area contributed by atoms with E-state index in [0.29, 0.717) is 23.0 Å². The number of carbonyl (C=O) groups is 2. The molecule has 120 valence electrons. The Morgan fingerprint density at radius 1 is 1.36 bits per heavy atom. The molecule has 1 aromatic carbocycles. The van der Waals surface area contributed by atoms with E-state index in [2.05, 4.69) is 5.32 Å². The number of rotatable bonds is 4. The highest BCUT2D eigenvalue weighted by molar-refractivity contribution is 6.35. The van der Waals surface area contributed by atoms with Gasteiger partial charge in [0.1, 0.15) is 6.10 Å². The van der Waals surface area contributed by atoms with Crippen LogP contribution < -0.4 is 5.32 Å². The number of amides is 2. The van der Waals surface area contributed by atoms with E-state index < -0.39 is 6.10 Å². The highest BCUT2D eigenvalue weighted by atomic mass is 35.5. The third-order valence-electron chi connectivity index (χ3n) is 3.58. The first-order chi connectivity index (χ1) is 10.5. The largest absolute Gasteiger partial charge is 0.383 e. The molecule has 7 heteroatoms. The number of nitrogens with one attached hydrogen (secondary N) is 1. The molecule has 1 aromatic rings. The second-order valence-corrected chi connectivity index (χ2v) is 6.13. The Bertz CT molecular complexity index is 566. The van der Waals surface area contributed by atoms with Gasteiger partial charge in [0, 0.05) is 23.1 Å². The van der Waals surface area contributed by atoms with E-state index in [-0.39, 0.29) is 24.9 Å². The van der Waals surface area contributed by atoms with E-state index >= 15 is 0 Å². The molecule has 1 aliphatic rings. The number of nitrogens with zero attached hydrogens (tertiary/aromatic N) is 1. The van der Waals surface area contributed by atoms with Crippen LogP contribution in [0.15, 0.2) is 18.2 Å². The van der Waals surface area contributed by atoms with Gasteiger partial charge in [0.05, 0.1) is 6.54 Å². The minimum atomic E-state index is -0.999. The van der Waals surface area contributed by atoms with Gasteiger partial charge in [-0.05, 0) is 37.0 Å². The van der Waals surface area contributed by atoms with Crippen molar-refractivity contribution in [3.8, 4) is 0 Å². The van der Waals surface area contributed by atoms with Gasteiger partial charge in [-0.3, -0.25) is 9.59 Å². The number of halogens is 2. The van der Waals surface area contributed by atoms with Crippen molar-refractivity contribution in [3.05, 3.63) is 33.8 Å². The fourth-order valence-electron chi connectivity index (χ4n) is 2.33. The summed E-state index contributed by atoms with van der Waals surface area (Å²) in [5.74, 6) is -0.661. The predicted octanol–water partition coefficient (Wildman–Crippen LogP) is 1.98. The minimum Gasteiger partial charge on any atom is -0.383 e. The van der Waals surface area contributed by atoms with Gasteiger partial charge in [-0.2, -0.15) is 0 Å². The van der Waals surface area contributed by atoms with E-state index in [1.54, 1.807) is 18.2 Å². The highest BCUT2D eigenvalue weighted by Crippen LogP contribution is 2.20. The van der Waals surface area contributed by atoms with Crippen molar-refractivity contribution >= 4 is 35.0 Å². The van der Waals surface area contributed by atoms with Crippen LogP contribution >= 0.6 is 23.2 Å². The van der Waals surface area contributed by atoms with Crippen LogP contribution in [0.2, 0.25) is 10.0 Å². The quantitative estimate of drug-likeness (QED) is 0.877. The monoisotopic (exact) mass is 344 g/mol. The number of likely N-dealkylation sites (tertiary alicyclic amines) is 1. The van der Waals surface area contributed by atoms with Crippen molar-refractivity contribution in [3.63, 3.8) is 0 Å². The maximum Gasteiger partial charge on any atom is 0.251 e. The molecule has 1 heterocycles. The summed E-state index contributed by atoms with van der Waals surface area (Å²) in [4.78, 5) is 25.3. The summed E-state index contributed by atoms with van der Waals surface area (Å²) in [5, 5.41) is 13.4. The lowest BCUT2D eigenvalue weighted by Gasteiger charge is -2.21. The molecule has 2 N–H and O–H groups in total. The fraction of sp³-hybridized carbons (Fsp3) is 0.467. The second kappa shape index (κ2) is 7.81. The first-order valence-electron chi connectivity index (χ1n) is 7.15. The molecule has 2 rings (SSSR count). The number of benzene rings is 1. The van der Waals surface area contributed by atoms with Gasteiger partial charge in [0.25, 0.3) is 5.91 Å². The molecule has 1 fully saturated rings. The third kappa shape index (κ3) is 4.60. The topological polar surface area (TPSA) is 69.6 Å². The molecule has 0 aliphatic carbocycles. The SMILES string of the molecule is O=C(CN1CCCCC(O)C1=O)NCc1ccc(Cl)cc1Cl. The van der Waals surface area contributed by atoms with Gasteiger partial charge >= 0.3 is 0 Å². The molecule has 2 amide bonds. The number of hydrogen-bond donors (Lipinski definition) is 2. The van der Waals surface area contributed by atoms with Crippen molar-refractivity contribution in [1.82, 2.24) is 10.2 Å². The number of aliphatic hydroxyl groups excluding tert-OH is 1. The van der Waals surface area contributed by atoms with Crippen molar-refractivity contribution in [2.75, 3.05) is 13.1 Å². The van der Waals surface area contributed by atoms with E-state index in [9.17, 15) is 14.7 Å². The van der Waals surface area contributed by atoms with Gasteiger partial charge in [-0.25, -0.2) is 0 Å². The Balaban J connectivity index is 1.88. The minimum absolute atomic E-state index is 0.0545. The van der Waals surface area contributed by atoms with Crippen LogP contribution in [0.25, 0.3) is 0 Å². The molecule has 22 heavy (non-hydrogen) atoms. The summed E-state index contributed by atoms with van der Waals surface area (Å²) in [6.45, 7) is 0.700. The van der Waals surface area contributed by atoms with Crippen molar-refractivity contribution in [2.45, 2.75) is 31.9 Å². The highest BCUT2D eigenvalue weighted by Gasteiger charge is 2.26. The molecular weight excluding hydrogens is 327 g/mol. The Kier molecular flexibility index (Phi) is 6.06. The molecule has 1 atom stereocenters. The van der Waals surface area contributed by atoms with Gasteiger partial charge in [-0.15, -0.1) is 0 Å². The van der Waals surface area contributed by atoms with E-state index in [1.165, 1.54) is 4.90 Å². The molecular formula is C15H18Cl2N2O3. The smallest absolute Gasteiger partial charge is 0.251 e. The average Bonchev–Trinajstić information content (AvgIpc) is 2.62. The molecule has 1 unspecified atom stereocenters. The normalized spacial score (nSPS) is 19.0. The zero-order valence-electron chi connectivity index (χ0n) is 12.0. The zero-order valence-corrected chi connectivity index (χ0v) is 13.5. The number of hydrogen-bond acceptors (Lipinski definition) is 3. The van der Waals surface area contributed by atoms with E-state index in [4.69, 9.17) is 23.2 Å². The summed E-state index contributed by atoms with van der Waals surface area (Å²) in [5.41, 5.74) is 0.752. The number of aliphatic hydroxyl groups is 1. The van der Waals surface area contributed by atoms with E-state index in [1.807, 2.05) is 0 Å². The van der Waals surface area contributed by atoms with E-state index in [0.717, 1.165) is 18.4 Å². The van der Waals surface area contributed by atoms with Gasteiger partial charge in [0.15, 0.2) is 0 Å².